The Labute approximate surface area is 144 Å². The zero-order chi connectivity index (χ0) is 18.4. The van der Waals surface area contributed by atoms with E-state index in [4.69, 9.17) is 5.73 Å². The van der Waals surface area contributed by atoms with Crippen molar-refractivity contribution in [3.8, 4) is 0 Å². The number of carbonyl (C=O) groups is 1. The Hall–Kier alpha value is -2.42. The maximum absolute atomic E-state index is 13.0. The van der Waals surface area contributed by atoms with Crippen molar-refractivity contribution in [3.63, 3.8) is 0 Å². The maximum Gasteiger partial charge on any atom is 0.254 e. The molecule has 1 amide bonds. The van der Waals surface area contributed by atoms with E-state index in [0.29, 0.717) is 5.69 Å². The summed E-state index contributed by atoms with van der Waals surface area (Å²) in [7, 11) is -3.18. The number of carbonyl (C=O) groups excluding carboxylic acids is 1. The molecule has 1 aromatic heterocycles. The highest BCUT2D eigenvalue weighted by Gasteiger charge is 2.45. The van der Waals surface area contributed by atoms with Gasteiger partial charge in [-0.3, -0.25) is 9.48 Å². The van der Waals surface area contributed by atoms with Gasteiger partial charge in [-0.25, -0.2) is 12.8 Å². The largest absolute Gasteiger partial charge is 0.365 e. The van der Waals surface area contributed by atoms with Crippen molar-refractivity contribution >= 4 is 27.2 Å². The Bertz CT molecular complexity index is 919. The average molecular weight is 366 g/mol. The van der Waals surface area contributed by atoms with E-state index in [1.54, 1.807) is 0 Å². The molecular weight excluding hydrogens is 347 g/mol. The first-order valence-corrected chi connectivity index (χ1v) is 9.51. The van der Waals surface area contributed by atoms with Gasteiger partial charge in [0.25, 0.3) is 5.91 Å². The number of rotatable bonds is 4. The van der Waals surface area contributed by atoms with Gasteiger partial charge in [-0.05, 0) is 24.3 Å². The molecule has 1 fully saturated rings. The topological polar surface area (TPSA) is 107 Å². The second kappa shape index (κ2) is 5.83. The molecular formula is C16H19FN4O3S. The lowest BCUT2D eigenvalue weighted by Gasteiger charge is -2.25. The Kier molecular flexibility index (Phi) is 4.06. The zero-order valence-corrected chi connectivity index (χ0v) is 14.7. The number of nitrogens with zero attached hydrogens (tertiary/aromatic N) is 2. The number of nitrogens with two attached hydrogens (primary N) is 1. The van der Waals surface area contributed by atoms with E-state index in [0.717, 1.165) is 0 Å². The second-order valence-corrected chi connectivity index (χ2v) is 9.04. The monoisotopic (exact) mass is 366 g/mol. The van der Waals surface area contributed by atoms with Crippen molar-refractivity contribution < 1.29 is 17.6 Å². The van der Waals surface area contributed by atoms with Crippen LogP contribution in [0.25, 0.3) is 0 Å². The Morgan fingerprint density at radius 1 is 1.36 bits per heavy atom. The number of aromatic nitrogens is 2. The summed E-state index contributed by atoms with van der Waals surface area (Å²) < 4.78 is 38.5. The van der Waals surface area contributed by atoms with Gasteiger partial charge in [0.05, 0.1) is 17.5 Å². The van der Waals surface area contributed by atoms with E-state index in [9.17, 15) is 17.6 Å². The number of nitrogens with one attached hydrogen (secondary N) is 1. The Morgan fingerprint density at radius 2 is 2.00 bits per heavy atom. The summed E-state index contributed by atoms with van der Waals surface area (Å²) in [4.78, 5) is 11.7. The van der Waals surface area contributed by atoms with Gasteiger partial charge < -0.3 is 11.1 Å². The number of halogens is 1. The van der Waals surface area contributed by atoms with Gasteiger partial charge in [0.15, 0.2) is 15.7 Å². The predicted octanol–water partition coefficient (Wildman–Crippen LogP) is 1.86. The standard InChI is InChI=1S/C16H19FN4O3S/c1-16(2)9-25(23,24)8-13(16)21-7-12(14(18)22)15(20-21)19-11-5-3-10(17)4-6-11/h3-7,13H,8-9H2,1-2H3,(H2,18,22)(H,19,20)/t13-/m0/s1. The molecule has 3 N–H and O–H groups in total. The predicted molar refractivity (Wildman–Crippen MR) is 91.9 cm³/mol. The van der Waals surface area contributed by atoms with Crippen molar-refractivity contribution in [1.82, 2.24) is 9.78 Å². The maximum atomic E-state index is 13.0. The number of primary amides is 1. The molecule has 7 nitrogen and oxygen atoms in total. The number of sulfone groups is 1. The number of hydrogen-bond acceptors (Lipinski definition) is 5. The third-order valence-electron chi connectivity index (χ3n) is 4.33. The highest BCUT2D eigenvalue weighted by Crippen LogP contribution is 2.40. The highest BCUT2D eigenvalue weighted by molar-refractivity contribution is 7.91. The SMILES string of the molecule is CC1(C)CS(=O)(=O)C[C@@H]1n1cc(C(N)=O)c(Nc2ccc(F)cc2)n1. The molecule has 2 aromatic rings. The van der Waals surface area contributed by atoms with Gasteiger partial charge in [0.2, 0.25) is 0 Å². The molecule has 9 heteroatoms. The molecule has 0 aliphatic carbocycles. The minimum absolute atomic E-state index is 0.0458. The minimum Gasteiger partial charge on any atom is -0.365 e. The van der Waals surface area contributed by atoms with Crippen molar-refractivity contribution in [2.75, 3.05) is 16.8 Å². The van der Waals surface area contributed by atoms with Crippen LogP contribution in [0.5, 0.6) is 0 Å². The molecule has 0 spiro atoms. The molecule has 0 bridgehead atoms. The number of anilines is 2. The molecule has 3 rings (SSSR count). The second-order valence-electron chi connectivity index (χ2n) is 6.93. The smallest absolute Gasteiger partial charge is 0.254 e. The number of benzene rings is 1. The molecule has 1 atom stereocenters. The molecule has 0 radical (unpaired) electrons. The third kappa shape index (κ3) is 3.51. The van der Waals surface area contributed by atoms with Crippen LogP contribution in [0.1, 0.15) is 30.2 Å². The lowest BCUT2D eigenvalue weighted by Crippen LogP contribution is -2.26. The van der Waals surface area contributed by atoms with Crippen LogP contribution in [0.15, 0.2) is 30.5 Å². The molecule has 1 aromatic carbocycles. The van der Waals surface area contributed by atoms with Gasteiger partial charge in [-0.2, -0.15) is 5.10 Å². The number of amides is 1. The van der Waals surface area contributed by atoms with Crippen LogP contribution in [0.4, 0.5) is 15.9 Å². The summed E-state index contributed by atoms with van der Waals surface area (Å²) in [6, 6.07) is 5.15. The molecule has 0 unspecified atom stereocenters. The molecule has 134 valence electrons. The van der Waals surface area contributed by atoms with Crippen LogP contribution in [-0.2, 0) is 9.84 Å². The molecule has 2 heterocycles. The van der Waals surface area contributed by atoms with Gasteiger partial charge in [0, 0.05) is 17.3 Å². The summed E-state index contributed by atoms with van der Waals surface area (Å²) in [5, 5.41) is 7.26. The van der Waals surface area contributed by atoms with E-state index >= 15 is 0 Å². The van der Waals surface area contributed by atoms with Crippen molar-refractivity contribution in [2.45, 2.75) is 19.9 Å². The lowest BCUT2D eigenvalue weighted by molar-refractivity contribution is 0.100. The van der Waals surface area contributed by atoms with Gasteiger partial charge in [-0.15, -0.1) is 0 Å². The van der Waals surface area contributed by atoms with Gasteiger partial charge in [0.1, 0.15) is 11.4 Å². The van der Waals surface area contributed by atoms with E-state index in [1.807, 2.05) is 13.8 Å². The van der Waals surface area contributed by atoms with E-state index in [1.165, 1.54) is 35.1 Å². The fraction of sp³-hybridized carbons (Fsp3) is 0.375. The Balaban J connectivity index is 1.98. The van der Waals surface area contributed by atoms with Crippen molar-refractivity contribution in [1.29, 1.82) is 0 Å². The Morgan fingerprint density at radius 3 is 2.52 bits per heavy atom. The van der Waals surface area contributed by atoms with Crippen LogP contribution < -0.4 is 11.1 Å². The first kappa shape index (κ1) is 17.4. The summed E-state index contributed by atoms with van der Waals surface area (Å²) >= 11 is 0. The summed E-state index contributed by atoms with van der Waals surface area (Å²) in [6.45, 7) is 3.70. The van der Waals surface area contributed by atoms with Crippen LogP contribution in [0, 0.1) is 11.2 Å². The first-order chi connectivity index (χ1) is 11.6. The fourth-order valence-corrected chi connectivity index (χ4v) is 5.65. The zero-order valence-electron chi connectivity index (χ0n) is 13.9. The summed E-state index contributed by atoms with van der Waals surface area (Å²) in [5.41, 5.74) is 5.57. The highest BCUT2D eigenvalue weighted by atomic mass is 32.2. The van der Waals surface area contributed by atoms with Crippen LogP contribution >= 0.6 is 0 Å². The van der Waals surface area contributed by atoms with Crippen molar-refractivity contribution in [3.05, 3.63) is 41.8 Å². The third-order valence-corrected chi connectivity index (χ3v) is 6.34. The minimum atomic E-state index is -3.18. The fourth-order valence-electron chi connectivity index (χ4n) is 3.12. The molecule has 1 aliphatic rings. The molecule has 1 saturated heterocycles. The summed E-state index contributed by atoms with van der Waals surface area (Å²) in [5.74, 6) is -0.856. The first-order valence-electron chi connectivity index (χ1n) is 7.69. The lowest BCUT2D eigenvalue weighted by atomic mass is 9.88. The summed E-state index contributed by atoms with van der Waals surface area (Å²) in [6.07, 6.45) is 1.46. The molecule has 25 heavy (non-hydrogen) atoms. The molecule has 0 saturated carbocycles. The van der Waals surface area contributed by atoms with Crippen LogP contribution in [0.2, 0.25) is 0 Å². The van der Waals surface area contributed by atoms with E-state index in [2.05, 4.69) is 10.4 Å². The van der Waals surface area contributed by atoms with Crippen LogP contribution in [-0.4, -0.2) is 35.6 Å². The molecule has 1 aliphatic heterocycles. The van der Waals surface area contributed by atoms with E-state index in [-0.39, 0.29) is 28.7 Å². The quantitative estimate of drug-likeness (QED) is 0.859. The average Bonchev–Trinajstić information content (AvgIpc) is 2.99. The van der Waals surface area contributed by atoms with Gasteiger partial charge in [-0.1, -0.05) is 13.8 Å². The van der Waals surface area contributed by atoms with Crippen molar-refractivity contribution in [2.24, 2.45) is 11.1 Å². The van der Waals surface area contributed by atoms with Crippen LogP contribution in [0.3, 0.4) is 0 Å². The normalized spacial score (nSPS) is 21.2. The van der Waals surface area contributed by atoms with Gasteiger partial charge >= 0.3 is 0 Å². The van der Waals surface area contributed by atoms with E-state index < -0.39 is 27.2 Å². The number of hydrogen-bond donors (Lipinski definition) is 2.